The van der Waals surface area contributed by atoms with Crippen molar-refractivity contribution in [3.8, 4) is 22.6 Å². The van der Waals surface area contributed by atoms with E-state index in [0.29, 0.717) is 0 Å². The first-order chi connectivity index (χ1) is 41.6. The zero-order valence-electron chi connectivity index (χ0n) is 50.3. The van der Waals surface area contributed by atoms with Gasteiger partial charge >= 0.3 is 0 Å². The maximum Gasteiger partial charge on any atom is 0.131 e. The van der Waals surface area contributed by atoms with Gasteiger partial charge in [-0.2, -0.15) is 0 Å². The predicted molar refractivity (Wildman–Crippen MR) is 361 cm³/mol. The van der Waals surface area contributed by atoms with Crippen LogP contribution in [0.4, 0.5) is 56.9 Å². The van der Waals surface area contributed by atoms with Gasteiger partial charge in [-0.25, -0.2) is 0 Å². The second kappa shape index (κ2) is 19.6. The van der Waals surface area contributed by atoms with E-state index in [4.69, 9.17) is 4.74 Å². The predicted octanol–water partition coefficient (Wildman–Crippen LogP) is 21.9. The number of anilines is 10. The molecule has 3 heterocycles. The molecular weight excluding hydrogens is 1040 g/mol. The van der Waals surface area contributed by atoms with Gasteiger partial charge in [-0.15, -0.1) is 0 Å². The molecule has 0 amide bonds. The highest BCUT2D eigenvalue weighted by Gasteiger charge is 2.43. The number of ether oxygens (including phenoxy) is 1. The van der Waals surface area contributed by atoms with Crippen LogP contribution in [0, 0.1) is 0 Å². The smallest absolute Gasteiger partial charge is 0.131 e. The second-order valence-corrected chi connectivity index (χ2v) is 26.0. The first-order valence-corrected chi connectivity index (χ1v) is 30.3. The molecule has 15 rings (SSSR count). The van der Waals surface area contributed by atoms with Crippen molar-refractivity contribution in [2.75, 3.05) is 20.0 Å². The summed E-state index contributed by atoms with van der Waals surface area (Å²) in [5.41, 5.74) is 27.2. The number of hydrogen-bond acceptors (Lipinski definition) is 5. The van der Waals surface area contributed by atoms with E-state index in [1.807, 2.05) is 6.07 Å². The fourth-order valence-electron chi connectivity index (χ4n) is 14.6. The molecule has 420 valence electrons. The summed E-state index contributed by atoms with van der Waals surface area (Å²) in [6, 6.07) is 78.0. The molecule has 0 saturated carbocycles. The lowest BCUT2D eigenvalue weighted by Gasteiger charge is -2.44. The van der Waals surface area contributed by atoms with Gasteiger partial charge in [0.05, 0.1) is 17.1 Å². The Morgan fingerprint density at radius 2 is 1.08 bits per heavy atom. The maximum absolute atomic E-state index is 7.21. The highest BCUT2D eigenvalue weighted by atomic mass is 16.5. The summed E-state index contributed by atoms with van der Waals surface area (Å²) in [5.74, 6) is 1.78. The molecule has 10 aromatic rings. The SMILES string of the molecule is C=C1/C=C\C=C/N(c2ccc3c(c2)C(C)(C)c2cc4c(cc2O3)C(C)(C)c2cc(N3c5ccccc5C(C)(C)c5cc(N(c6ccccc6)c6ccccc6)ccc53)c3c(c2C=C4)Cc2ccccc2-3)c2ccc(Nc3ccccc3)cc2C1(C)C. The van der Waals surface area contributed by atoms with Crippen LogP contribution in [-0.2, 0) is 28.1 Å². The third-order valence-corrected chi connectivity index (χ3v) is 19.5. The molecule has 0 unspecified atom stereocenters. The molecule has 5 heteroatoms. The van der Waals surface area contributed by atoms with Gasteiger partial charge in [-0.3, -0.25) is 0 Å². The minimum atomic E-state index is -0.444. The zero-order valence-corrected chi connectivity index (χ0v) is 50.3. The van der Waals surface area contributed by atoms with Crippen LogP contribution in [-0.4, -0.2) is 0 Å². The van der Waals surface area contributed by atoms with Gasteiger partial charge in [0.25, 0.3) is 0 Å². The minimum Gasteiger partial charge on any atom is -0.457 e. The van der Waals surface area contributed by atoms with Crippen molar-refractivity contribution in [3.05, 3.63) is 310 Å². The summed E-state index contributed by atoms with van der Waals surface area (Å²) in [6.07, 6.45) is 14.2. The molecule has 0 radical (unpaired) electrons. The molecule has 1 N–H and O–H groups in total. The van der Waals surface area contributed by atoms with Gasteiger partial charge in [0.1, 0.15) is 11.5 Å². The van der Waals surface area contributed by atoms with Crippen molar-refractivity contribution in [2.45, 2.75) is 83.5 Å². The number of para-hydroxylation sites is 4. The van der Waals surface area contributed by atoms with Gasteiger partial charge in [0.2, 0.25) is 0 Å². The van der Waals surface area contributed by atoms with Crippen molar-refractivity contribution in [3.63, 3.8) is 0 Å². The molecule has 0 aromatic heterocycles. The quantitative estimate of drug-likeness (QED) is 0.172. The number of benzene rings is 10. The van der Waals surface area contributed by atoms with E-state index < -0.39 is 10.8 Å². The van der Waals surface area contributed by atoms with Gasteiger partial charge in [0, 0.05) is 84.4 Å². The Morgan fingerprint density at radius 3 is 1.85 bits per heavy atom. The van der Waals surface area contributed by atoms with Gasteiger partial charge in [0.15, 0.2) is 0 Å². The number of fused-ring (bicyclic) bond motifs is 11. The topological polar surface area (TPSA) is 31.0 Å². The maximum atomic E-state index is 7.21. The number of rotatable bonds is 7. The number of nitrogens with zero attached hydrogens (tertiary/aromatic N) is 3. The Labute approximate surface area is 507 Å². The van der Waals surface area contributed by atoms with E-state index in [-0.39, 0.29) is 10.8 Å². The van der Waals surface area contributed by atoms with E-state index in [0.717, 1.165) is 68.9 Å². The summed E-state index contributed by atoms with van der Waals surface area (Å²) < 4.78 is 7.21. The summed E-state index contributed by atoms with van der Waals surface area (Å²) in [6.45, 7) is 23.5. The molecular formula is C81H70N4O. The first-order valence-electron chi connectivity index (χ1n) is 30.3. The number of hydrogen-bond donors (Lipinski definition) is 1. The lowest BCUT2D eigenvalue weighted by Crippen LogP contribution is -2.31. The number of nitrogens with one attached hydrogen (secondary N) is 1. The molecule has 2 aliphatic carbocycles. The molecule has 0 saturated heterocycles. The van der Waals surface area contributed by atoms with Crippen molar-refractivity contribution < 1.29 is 4.74 Å². The van der Waals surface area contributed by atoms with Crippen molar-refractivity contribution >= 4 is 69.0 Å². The molecule has 0 spiro atoms. The largest absolute Gasteiger partial charge is 0.457 e. The van der Waals surface area contributed by atoms with Crippen molar-refractivity contribution in [1.29, 1.82) is 0 Å². The molecule has 5 aliphatic rings. The Bertz CT molecular complexity index is 4480. The molecule has 86 heavy (non-hydrogen) atoms. The summed E-state index contributed by atoms with van der Waals surface area (Å²) in [4.78, 5) is 7.31. The van der Waals surface area contributed by atoms with Crippen LogP contribution >= 0.6 is 0 Å². The summed E-state index contributed by atoms with van der Waals surface area (Å²) >= 11 is 0. The third-order valence-electron chi connectivity index (χ3n) is 19.5. The van der Waals surface area contributed by atoms with Crippen LogP contribution in [0.3, 0.4) is 0 Å². The second-order valence-electron chi connectivity index (χ2n) is 26.0. The standard InChI is InChI=1S/C81H70N4O/c1-52-25-23-24-44-83(71-41-37-56(47-67(71)78(52,2)3)82-55-27-13-10-14-28-55)59-39-43-75-70(48-59)81(8,9)69-46-54-36-40-62-63-45-53-26-19-20-33-61(53)77(63)74(50-66(62)80(6,7)65(54)51-76(69)86-75)85-72-35-22-21-34-64(72)79(4,5)68-49-60(38-42-73(68)85)84(57-29-15-11-16-30-57)58-31-17-12-18-32-58/h10-44,46-51,82H,1,45H2,2-9H3/b25-23-,44-24-. The van der Waals surface area contributed by atoms with Gasteiger partial charge < -0.3 is 24.8 Å². The van der Waals surface area contributed by atoms with Crippen LogP contribution in [0.5, 0.6) is 11.5 Å². The summed E-state index contributed by atoms with van der Waals surface area (Å²) in [7, 11) is 0. The lowest BCUT2D eigenvalue weighted by atomic mass is 9.70. The van der Waals surface area contributed by atoms with Crippen LogP contribution in [0.1, 0.15) is 117 Å². The monoisotopic (exact) mass is 1110 g/mol. The van der Waals surface area contributed by atoms with E-state index in [2.05, 4.69) is 325 Å². The van der Waals surface area contributed by atoms with Gasteiger partial charge in [-0.05, 0) is 189 Å². The number of allylic oxidation sites excluding steroid dienone is 4. The van der Waals surface area contributed by atoms with Crippen molar-refractivity contribution in [2.24, 2.45) is 0 Å². The van der Waals surface area contributed by atoms with E-state index in [1.54, 1.807) is 0 Å². The van der Waals surface area contributed by atoms with Gasteiger partial charge in [-0.1, -0.05) is 183 Å². The van der Waals surface area contributed by atoms with Crippen LogP contribution in [0.15, 0.2) is 249 Å². The minimum absolute atomic E-state index is 0.317. The Balaban J connectivity index is 0.849. The summed E-state index contributed by atoms with van der Waals surface area (Å²) in [5, 5.41) is 3.65. The van der Waals surface area contributed by atoms with Crippen LogP contribution in [0.2, 0.25) is 0 Å². The molecule has 0 bridgehead atoms. The third kappa shape index (κ3) is 8.26. The molecule has 3 aliphatic heterocycles. The average molecular weight is 1120 g/mol. The van der Waals surface area contributed by atoms with Crippen LogP contribution < -0.4 is 24.8 Å². The van der Waals surface area contributed by atoms with E-state index in [9.17, 15) is 0 Å². The Kier molecular flexibility index (Phi) is 12.1. The average Bonchev–Trinajstić information content (AvgIpc) is 1.30. The molecule has 0 fully saturated rings. The zero-order chi connectivity index (χ0) is 58.9. The molecule has 0 atom stereocenters. The van der Waals surface area contributed by atoms with Crippen LogP contribution in [0.25, 0.3) is 23.3 Å². The molecule has 5 nitrogen and oxygen atoms in total. The van der Waals surface area contributed by atoms with Crippen molar-refractivity contribution in [1.82, 2.24) is 0 Å². The van der Waals surface area contributed by atoms with E-state index >= 15 is 0 Å². The fourth-order valence-corrected chi connectivity index (χ4v) is 14.6. The highest BCUT2D eigenvalue weighted by molar-refractivity contribution is 6.00. The van der Waals surface area contributed by atoms with E-state index in [1.165, 1.54) is 83.8 Å². The fraction of sp³-hybridized carbons (Fsp3) is 0.160. The highest BCUT2D eigenvalue weighted by Crippen LogP contribution is 2.60. The molecule has 10 aromatic carbocycles. The Hall–Kier alpha value is -9.84. The lowest BCUT2D eigenvalue weighted by molar-refractivity contribution is 0.416. The first kappa shape index (κ1) is 52.9. The Morgan fingerprint density at radius 1 is 0.442 bits per heavy atom. The normalized spacial score (nSPS) is 17.1.